The standard InChI is InChI=1S/C25H30N2O3S/c1-2-31(29,30)27-23-7-3-20(4-8-23)24(28)26-22-9-5-21(6-10-22)25-14-17-11-18(15-25)13-19(12-17)16-25/h3-10,17-19,27H,2,11-16H2,1H3,(H,26,28). The van der Waals surface area contributed by atoms with Gasteiger partial charge in [0.1, 0.15) is 0 Å². The van der Waals surface area contributed by atoms with Gasteiger partial charge in [-0.15, -0.1) is 0 Å². The highest BCUT2D eigenvalue weighted by Crippen LogP contribution is 2.60. The van der Waals surface area contributed by atoms with Gasteiger partial charge in [0, 0.05) is 16.9 Å². The number of carbonyl (C=O) groups is 1. The van der Waals surface area contributed by atoms with Crippen molar-refractivity contribution in [2.45, 2.75) is 50.9 Å². The minimum absolute atomic E-state index is 0.00842. The van der Waals surface area contributed by atoms with Gasteiger partial charge < -0.3 is 5.32 Å². The molecular weight excluding hydrogens is 408 g/mol. The van der Waals surface area contributed by atoms with Crippen molar-refractivity contribution in [3.8, 4) is 0 Å². The fourth-order valence-corrected chi connectivity index (χ4v) is 7.16. The van der Waals surface area contributed by atoms with E-state index in [0.717, 1.165) is 23.4 Å². The van der Waals surface area contributed by atoms with Gasteiger partial charge in [0.2, 0.25) is 10.0 Å². The zero-order chi connectivity index (χ0) is 21.6. The van der Waals surface area contributed by atoms with E-state index in [1.165, 1.54) is 44.1 Å². The van der Waals surface area contributed by atoms with Crippen LogP contribution in [0, 0.1) is 17.8 Å². The second-order valence-electron chi connectivity index (χ2n) is 9.81. The Kier molecular flexibility index (Phi) is 5.08. The molecule has 0 aliphatic heterocycles. The third-order valence-corrected chi connectivity index (χ3v) is 8.90. The van der Waals surface area contributed by atoms with E-state index in [1.807, 2.05) is 12.1 Å². The minimum Gasteiger partial charge on any atom is -0.322 e. The summed E-state index contributed by atoms with van der Waals surface area (Å²) in [7, 11) is -3.33. The number of amides is 1. The molecule has 4 bridgehead atoms. The lowest BCUT2D eigenvalue weighted by Crippen LogP contribution is -2.48. The highest BCUT2D eigenvalue weighted by Gasteiger charge is 2.51. The van der Waals surface area contributed by atoms with Gasteiger partial charge in [0.15, 0.2) is 0 Å². The maximum absolute atomic E-state index is 12.6. The van der Waals surface area contributed by atoms with Crippen LogP contribution >= 0.6 is 0 Å². The van der Waals surface area contributed by atoms with Gasteiger partial charge >= 0.3 is 0 Å². The highest BCUT2D eigenvalue weighted by molar-refractivity contribution is 7.92. The third-order valence-electron chi connectivity index (χ3n) is 7.59. The molecule has 0 aromatic heterocycles. The SMILES string of the molecule is CCS(=O)(=O)Nc1ccc(C(=O)Nc2ccc(C34CC5CC(CC(C5)C3)C4)cc2)cc1. The van der Waals surface area contributed by atoms with Crippen LogP contribution in [-0.2, 0) is 15.4 Å². The topological polar surface area (TPSA) is 75.3 Å². The largest absolute Gasteiger partial charge is 0.322 e. The van der Waals surface area contributed by atoms with Crippen LogP contribution in [0.2, 0.25) is 0 Å². The molecule has 31 heavy (non-hydrogen) atoms. The highest BCUT2D eigenvalue weighted by atomic mass is 32.2. The second-order valence-corrected chi connectivity index (χ2v) is 11.8. The van der Waals surface area contributed by atoms with Crippen LogP contribution < -0.4 is 10.0 Å². The first kappa shape index (κ1) is 20.6. The molecule has 6 heteroatoms. The minimum atomic E-state index is -3.33. The lowest BCUT2D eigenvalue weighted by Gasteiger charge is -2.57. The Morgan fingerprint density at radius 3 is 1.90 bits per heavy atom. The summed E-state index contributed by atoms with van der Waals surface area (Å²) in [6, 6.07) is 15.0. The van der Waals surface area contributed by atoms with Gasteiger partial charge in [-0.2, -0.15) is 0 Å². The number of benzene rings is 2. The predicted octanol–water partition coefficient (Wildman–Crippen LogP) is 5.17. The second kappa shape index (κ2) is 7.66. The summed E-state index contributed by atoms with van der Waals surface area (Å²) in [6.45, 7) is 1.58. The molecule has 0 unspecified atom stereocenters. The van der Waals surface area contributed by atoms with E-state index in [4.69, 9.17) is 0 Å². The van der Waals surface area contributed by atoms with Gasteiger partial charge in [-0.3, -0.25) is 9.52 Å². The number of carbonyl (C=O) groups excluding carboxylic acids is 1. The molecule has 4 fully saturated rings. The Balaban J connectivity index is 1.25. The Hall–Kier alpha value is -2.34. The van der Waals surface area contributed by atoms with E-state index in [2.05, 4.69) is 22.2 Å². The molecule has 5 nitrogen and oxygen atoms in total. The first-order valence-electron chi connectivity index (χ1n) is 11.4. The van der Waals surface area contributed by atoms with Gasteiger partial charge in [0.25, 0.3) is 5.91 Å². The lowest BCUT2D eigenvalue weighted by molar-refractivity contribution is -0.00518. The average molecular weight is 439 g/mol. The molecule has 1 amide bonds. The summed E-state index contributed by atoms with van der Waals surface area (Å²) in [5.74, 6) is 2.54. The van der Waals surface area contributed by atoms with E-state index in [1.54, 1.807) is 31.2 Å². The molecule has 2 N–H and O–H groups in total. The van der Waals surface area contributed by atoms with Crippen LogP contribution in [0.25, 0.3) is 0 Å². The monoisotopic (exact) mass is 438 g/mol. The van der Waals surface area contributed by atoms with Crippen molar-refractivity contribution in [2.24, 2.45) is 17.8 Å². The Morgan fingerprint density at radius 1 is 0.871 bits per heavy atom. The first-order chi connectivity index (χ1) is 14.8. The summed E-state index contributed by atoms with van der Waals surface area (Å²) in [5, 5.41) is 2.96. The molecule has 0 heterocycles. The maximum atomic E-state index is 12.6. The van der Waals surface area contributed by atoms with Crippen LogP contribution in [0.5, 0.6) is 0 Å². The smallest absolute Gasteiger partial charge is 0.255 e. The molecule has 0 saturated heterocycles. The van der Waals surface area contributed by atoms with Crippen LogP contribution in [0.15, 0.2) is 48.5 Å². The van der Waals surface area contributed by atoms with Crippen molar-refractivity contribution in [1.29, 1.82) is 0 Å². The molecule has 0 spiro atoms. The van der Waals surface area contributed by atoms with Gasteiger partial charge in [-0.1, -0.05) is 12.1 Å². The number of hydrogen-bond acceptors (Lipinski definition) is 3. The number of rotatable bonds is 6. The molecule has 0 radical (unpaired) electrons. The van der Waals surface area contributed by atoms with Crippen molar-refractivity contribution in [3.63, 3.8) is 0 Å². The van der Waals surface area contributed by atoms with Crippen molar-refractivity contribution in [3.05, 3.63) is 59.7 Å². The van der Waals surface area contributed by atoms with Crippen LogP contribution in [0.1, 0.15) is 61.4 Å². The summed E-state index contributed by atoms with van der Waals surface area (Å²) in [6.07, 6.45) is 8.31. The van der Waals surface area contributed by atoms with Gasteiger partial charge in [-0.05, 0) is 111 Å². The number of sulfonamides is 1. The zero-order valence-corrected chi connectivity index (χ0v) is 18.8. The molecule has 164 valence electrons. The molecule has 2 aromatic carbocycles. The van der Waals surface area contributed by atoms with Crippen molar-refractivity contribution in [1.82, 2.24) is 0 Å². The maximum Gasteiger partial charge on any atom is 0.255 e. The molecule has 0 atom stereocenters. The molecule has 2 aromatic rings. The number of anilines is 2. The van der Waals surface area contributed by atoms with Gasteiger partial charge in [0.05, 0.1) is 5.75 Å². The van der Waals surface area contributed by atoms with E-state index in [0.29, 0.717) is 16.7 Å². The van der Waals surface area contributed by atoms with E-state index >= 15 is 0 Å². The molecular formula is C25H30N2O3S. The molecule has 4 aliphatic carbocycles. The predicted molar refractivity (Wildman–Crippen MR) is 124 cm³/mol. The van der Waals surface area contributed by atoms with Crippen LogP contribution in [0.3, 0.4) is 0 Å². The summed E-state index contributed by atoms with van der Waals surface area (Å²) >= 11 is 0. The quantitative estimate of drug-likeness (QED) is 0.653. The average Bonchev–Trinajstić information content (AvgIpc) is 2.73. The normalized spacial score (nSPS) is 29.0. The number of nitrogens with one attached hydrogen (secondary N) is 2. The Labute approximate surface area is 184 Å². The lowest BCUT2D eigenvalue weighted by atomic mass is 9.48. The zero-order valence-electron chi connectivity index (χ0n) is 17.9. The third kappa shape index (κ3) is 4.10. The van der Waals surface area contributed by atoms with Crippen molar-refractivity contribution in [2.75, 3.05) is 15.8 Å². The fourth-order valence-electron chi connectivity index (χ4n) is 6.52. The summed E-state index contributed by atoms with van der Waals surface area (Å²) < 4.78 is 25.8. The van der Waals surface area contributed by atoms with Gasteiger partial charge in [-0.25, -0.2) is 8.42 Å². The van der Waals surface area contributed by atoms with E-state index in [9.17, 15) is 13.2 Å². The van der Waals surface area contributed by atoms with Crippen molar-refractivity contribution >= 4 is 27.3 Å². The van der Waals surface area contributed by atoms with Crippen molar-refractivity contribution < 1.29 is 13.2 Å². The Bertz CT molecular complexity index is 1040. The summed E-state index contributed by atoms with van der Waals surface area (Å²) in [5.41, 5.74) is 3.54. The molecule has 4 aliphatic rings. The van der Waals surface area contributed by atoms with Crippen LogP contribution in [-0.4, -0.2) is 20.1 Å². The number of hydrogen-bond donors (Lipinski definition) is 2. The molecule has 4 saturated carbocycles. The first-order valence-corrected chi connectivity index (χ1v) is 13.0. The molecule has 6 rings (SSSR count). The summed E-state index contributed by atoms with van der Waals surface area (Å²) in [4.78, 5) is 12.6. The Morgan fingerprint density at radius 2 is 1.39 bits per heavy atom. The van der Waals surface area contributed by atoms with Crippen LogP contribution in [0.4, 0.5) is 11.4 Å². The fraction of sp³-hybridized carbons (Fsp3) is 0.480. The van der Waals surface area contributed by atoms with E-state index in [-0.39, 0.29) is 11.7 Å². The van der Waals surface area contributed by atoms with E-state index < -0.39 is 10.0 Å².